The monoisotopic (exact) mass is 2060 g/mol. The van der Waals surface area contributed by atoms with Gasteiger partial charge < -0.3 is 117 Å². The molecule has 772 valence electrons. The first kappa shape index (κ1) is 114. The zero-order valence-electron chi connectivity index (χ0n) is 81.3. The van der Waals surface area contributed by atoms with Gasteiger partial charge in [0.25, 0.3) is 0 Å². The number of fused-ring (bicyclic) bond motifs is 2. The van der Waals surface area contributed by atoms with Crippen LogP contribution in [-0.4, -0.2) is 258 Å². The van der Waals surface area contributed by atoms with E-state index in [1.165, 1.54) is 66.9 Å². The molecular weight excluding hydrogens is 1940 g/mol. The molecule has 0 unspecified atom stereocenters. The van der Waals surface area contributed by atoms with E-state index in [0.717, 1.165) is 44.7 Å². The maximum atomic E-state index is 12.2. The molecular formula is C105H121Cl4NO33. The lowest BCUT2D eigenvalue weighted by Crippen LogP contribution is -2.55. The number of phenols is 1. The number of ether oxygens (including phenoxy) is 14. The van der Waals surface area contributed by atoms with Gasteiger partial charge in [0.05, 0.1) is 61.4 Å². The van der Waals surface area contributed by atoms with Gasteiger partial charge in [-0.2, -0.15) is 0 Å². The average Bonchev–Trinajstić information content (AvgIpc) is 0.677. The molecule has 0 amide bonds. The van der Waals surface area contributed by atoms with E-state index in [-0.39, 0.29) is 47.9 Å². The standard InChI is InChI=1S/C28H31ClO9.C28H33ClO8.C22H23ClO7.C22H21ClO7.C5H13NO2/c1-14-25(13-35-16(3)31)38-27(28(37-18(5)33)26(14)36-17(4)32)20-7-8-23(29)21(12-20)10-19-6-9-24(34)22(11-19)15(2)30;1-6-33-23-10-7-20(8-11-23)13-22-14-21(9-12-24(22)29)27-28(36-19(5)32)26(35-18(4)31)16(2)25(37-27)15-34-17(3)30;2*23-15-3-2-12(22-21(28)20(27)19(26)18(10-24)30-22)9-13(15)7-11-1-4-17-14(8-11)16(25)5-6-29-17;1-6(2)5(7-3)8-4/h6-9,11-12,14,25-28,34H,10,13H2,1-5H3;7-12,14,16,25-28H,6,13,15H2,1-5H3;1-4,8-9,18-22,24,26-28H,5-7,10H2;1-6,8-9,18-22,24,26-28H,7,10H2;5H,1-4H3/t14-,25-,26+,27+,28-;16-,25-,26+,27+,28-;2*18-,19-,20+,21-,22+;/m1111./s1. The number of hydrogen-bond acceptors (Lipinski definition) is 34. The van der Waals surface area contributed by atoms with E-state index in [1.807, 2.05) is 68.4 Å². The van der Waals surface area contributed by atoms with Gasteiger partial charge in [-0.05, 0) is 193 Å². The van der Waals surface area contributed by atoms with Crippen molar-refractivity contribution in [3.63, 3.8) is 0 Å². The fourth-order valence-electron chi connectivity index (χ4n) is 17.1. The Kier molecular flexibility index (Phi) is 42.5. The van der Waals surface area contributed by atoms with Crippen LogP contribution in [0.2, 0.25) is 20.1 Å². The molecule has 8 aromatic carbocycles. The van der Waals surface area contributed by atoms with Crippen molar-refractivity contribution >= 4 is 105 Å². The van der Waals surface area contributed by atoms with Gasteiger partial charge in [-0.25, -0.2) is 0 Å². The highest BCUT2D eigenvalue weighted by molar-refractivity contribution is 6.32. The second-order valence-corrected chi connectivity index (χ2v) is 36.7. The number of aliphatic hydroxyl groups excluding tert-OH is 8. The number of nitrogens with zero attached hydrogens (tertiary/aromatic N) is 1. The van der Waals surface area contributed by atoms with Crippen molar-refractivity contribution in [2.75, 3.05) is 68.0 Å². The number of halogens is 4. The first-order valence-corrected chi connectivity index (χ1v) is 47.5. The lowest BCUT2D eigenvalue weighted by Gasteiger charge is -2.44. The zero-order valence-corrected chi connectivity index (χ0v) is 84.3. The van der Waals surface area contributed by atoms with Gasteiger partial charge in [-0.15, -0.1) is 0 Å². The number of phenolic OH excluding ortho intramolecular Hbond substituents is 1. The van der Waals surface area contributed by atoms with E-state index in [0.29, 0.717) is 116 Å². The van der Waals surface area contributed by atoms with Crippen molar-refractivity contribution in [2.24, 2.45) is 11.8 Å². The minimum absolute atomic E-state index is 0.0375. The first-order chi connectivity index (χ1) is 67.9. The molecule has 0 saturated carbocycles. The molecule has 38 heteroatoms. The molecule has 9 N–H and O–H groups in total. The van der Waals surface area contributed by atoms with Crippen LogP contribution in [-0.2, 0) is 111 Å². The molecule has 0 aliphatic carbocycles. The Bertz CT molecular complexity index is 5930. The molecule has 9 aromatic rings. The van der Waals surface area contributed by atoms with Crippen LogP contribution < -0.4 is 14.9 Å². The number of ketones is 2. The Labute approximate surface area is 846 Å². The SMILES string of the molecule is CC(=O)OC[C@H]1O[C@@H](c2ccc(Cl)c(Cc3ccc(O)c(C(C)=O)c3)c2)[C@H](OC(C)=O)[C@@H](OC(C)=O)[C@@H]1C.CCOc1ccc(Cc2cc([C@@H]3O[C@H](COC(C)=O)[C@@H](C)[C@H](OC(C)=O)[C@H]3OC(C)=O)ccc2Cl)cc1.COC(OC)N(C)C.O=C1CCOc2ccc(Cc3cc([C@@H]4O[C@H](CO)[C@@H](O)[C@H](O)[C@H]4O)ccc3Cl)cc21.O=c1ccoc2ccc(Cc3cc([C@@H]4O[C@H](CO)[C@@H](O)[C@H](O)[C@H]4O)ccc3Cl)cc12. The number of Topliss-reactive ketones (excluding diaryl/α,β-unsaturated/α-hetero) is 2. The maximum Gasteiger partial charge on any atom is 0.303 e. The van der Waals surface area contributed by atoms with E-state index >= 15 is 0 Å². The molecule has 20 atom stereocenters. The van der Waals surface area contributed by atoms with Crippen LogP contribution in [0.5, 0.6) is 17.2 Å². The highest BCUT2D eigenvalue weighted by Crippen LogP contribution is 2.45. The van der Waals surface area contributed by atoms with Gasteiger partial charge in [0.15, 0.2) is 29.2 Å². The molecule has 0 radical (unpaired) electrons. The van der Waals surface area contributed by atoms with E-state index < -0.39 is 171 Å². The number of carbonyl (C=O) groups is 8. The largest absolute Gasteiger partial charge is 0.507 e. The van der Waals surface area contributed by atoms with Crippen LogP contribution in [0.3, 0.4) is 0 Å². The summed E-state index contributed by atoms with van der Waals surface area (Å²) in [5, 5.41) is 92.1. The van der Waals surface area contributed by atoms with Crippen LogP contribution in [0, 0.1) is 11.8 Å². The summed E-state index contributed by atoms with van der Waals surface area (Å²) in [4.78, 5) is 109. The molecule has 4 saturated heterocycles. The van der Waals surface area contributed by atoms with Gasteiger partial charge in [0, 0.05) is 100 Å². The second kappa shape index (κ2) is 53.3. The number of benzene rings is 8. The summed E-state index contributed by atoms with van der Waals surface area (Å²) in [5.41, 5.74) is 9.99. The summed E-state index contributed by atoms with van der Waals surface area (Å²) in [5.74, 6) is -2.99. The molecule has 0 bridgehead atoms. The van der Waals surface area contributed by atoms with Crippen molar-refractivity contribution in [3.05, 3.63) is 272 Å². The fraction of sp³-hybridized carbons (Fsp3) is 0.438. The van der Waals surface area contributed by atoms with E-state index in [4.69, 9.17) is 117 Å². The predicted molar refractivity (Wildman–Crippen MR) is 522 cm³/mol. The van der Waals surface area contributed by atoms with Crippen molar-refractivity contribution in [1.82, 2.24) is 4.90 Å². The summed E-state index contributed by atoms with van der Waals surface area (Å²) in [7, 11) is 6.98. The topological polar surface area (TPSA) is 481 Å². The number of methoxy groups -OCH3 is 2. The number of hydrogen-bond donors (Lipinski definition) is 9. The minimum atomic E-state index is -1.46. The summed E-state index contributed by atoms with van der Waals surface area (Å²) in [6, 6.07) is 45.4. The van der Waals surface area contributed by atoms with Crippen LogP contribution in [0.4, 0.5) is 0 Å². The summed E-state index contributed by atoms with van der Waals surface area (Å²) in [6.07, 6.45) is -15.6. The summed E-state index contributed by atoms with van der Waals surface area (Å²) >= 11 is 25.8. The molecule has 0 spiro atoms. The minimum Gasteiger partial charge on any atom is -0.507 e. The van der Waals surface area contributed by atoms with Crippen LogP contribution in [0.25, 0.3) is 11.0 Å². The predicted octanol–water partition coefficient (Wildman–Crippen LogP) is 12.3. The van der Waals surface area contributed by atoms with Crippen LogP contribution in [0.1, 0.15) is 188 Å². The van der Waals surface area contributed by atoms with Crippen LogP contribution >= 0.6 is 46.4 Å². The quantitative estimate of drug-likeness (QED) is 0.00951. The summed E-state index contributed by atoms with van der Waals surface area (Å²) in [6.45, 7) is 14.4. The first-order valence-electron chi connectivity index (χ1n) is 46.0. The van der Waals surface area contributed by atoms with E-state index in [2.05, 4.69) is 0 Å². The lowest BCUT2D eigenvalue weighted by atomic mass is 9.85. The highest BCUT2D eigenvalue weighted by atomic mass is 35.5. The molecule has 4 fully saturated rings. The third kappa shape index (κ3) is 30.6. The Morgan fingerprint density at radius 3 is 1.22 bits per heavy atom. The molecule has 5 aliphatic heterocycles. The third-order valence-corrected chi connectivity index (χ3v) is 25.8. The Hall–Kier alpha value is -10.9. The van der Waals surface area contributed by atoms with Gasteiger partial charge in [0.1, 0.15) is 122 Å². The number of rotatable bonds is 28. The molecule has 1 aromatic heterocycles. The molecule has 6 heterocycles. The zero-order chi connectivity index (χ0) is 105. The molecule has 5 aliphatic rings. The fourth-order valence-corrected chi connectivity index (χ4v) is 17.9. The molecule has 34 nitrogen and oxygen atoms in total. The number of aliphatic hydroxyl groups is 8. The second-order valence-electron chi connectivity index (χ2n) is 35.1. The van der Waals surface area contributed by atoms with Crippen molar-refractivity contribution < 1.29 is 155 Å². The van der Waals surface area contributed by atoms with E-state index in [9.17, 15) is 89.1 Å². The third-order valence-electron chi connectivity index (χ3n) is 24.3. The summed E-state index contributed by atoms with van der Waals surface area (Å²) < 4.78 is 82.9. The Balaban J connectivity index is 0.000000191. The van der Waals surface area contributed by atoms with Crippen molar-refractivity contribution in [2.45, 2.75) is 218 Å². The number of carbonyl (C=O) groups excluding carboxylic acids is 8. The van der Waals surface area contributed by atoms with E-state index in [1.54, 1.807) is 131 Å². The van der Waals surface area contributed by atoms with Gasteiger partial charge in [-0.1, -0.05) is 139 Å². The number of aromatic hydroxyl groups is 1. The van der Waals surface area contributed by atoms with Crippen molar-refractivity contribution in [1.29, 1.82) is 0 Å². The average molecular weight is 2070 g/mol. The Morgan fingerprint density at radius 1 is 0.441 bits per heavy atom. The van der Waals surface area contributed by atoms with Gasteiger partial charge >= 0.3 is 35.8 Å². The Morgan fingerprint density at radius 2 is 0.825 bits per heavy atom. The molecule has 143 heavy (non-hydrogen) atoms. The molecule has 14 rings (SSSR count). The highest BCUT2D eigenvalue weighted by Gasteiger charge is 2.52. The number of esters is 6. The maximum absolute atomic E-state index is 12.2. The van der Waals surface area contributed by atoms with Gasteiger partial charge in [-0.3, -0.25) is 48.1 Å². The van der Waals surface area contributed by atoms with Crippen molar-refractivity contribution in [3.8, 4) is 17.2 Å². The van der Waals surface area contributed by atoms with Gasteiger partial charge in [0.2, 0.25) is 6.41 Å². The smallest absolute Gasteiger partial charge is 0.303 e. The van der Waals surface area contributed by atoms with Crippen LogP contribution in [0.15, 0.2) is 173 Å². The lowest BCUT2D eigenvalue weighted by molar-refractivity contribution is -0.232. The normalized spacial score (nSPS) is 24.3.